The van der Waals surface area contributed by atoms with Gasteiger partial charge in [0, 0.05) is 30.9 Å². The molecule has 1 saturated carbocycles. The molecule has 7 nitrogen and oxygen atoms in total. The van der Waals surface area contributed by atoms with Gasteiger partial charge in [-0.3, -0.25) is 9.59 Å². The van der Waals surface area contributed by atoms with Crippen molar-refractivity contribution < 1.29 is 9.59 Å². The van der Waals surface area contributed by atoms with E-state index in [4.69, 9.17) is 11.6 Å². The molecule has 37 heavy (non-hydrogen) atoms. The highest BCUT2D eigenvalue weighted by Crippen LogP contribution is 2.29. The Labute approximate surface area is 222 Å². The molecule has 0 atom stereocenters. The molecule has 0 unspecified atom stereocenters. The van der Waals surface area contributed by atoms with Gasteiger partial charge in [-0.05, 0) is 79.5 Å². The zero-order chi connectivity index (χ0) is 25.8. The van der Waals surface area contributed by atoms with E-state index in [0.717, 1.165) is 49.2 Å². The number of carbonyl (C=O) groups excluding carboxylic acids is 2. The Bertz CT molecular complexity index is 1280. The highest BCUT2D eigenvalue weighted by Gasteiger charge is 2.22. The quantitative estimate of drug-likeness (QED) is 0.409. The summed E-state index contributed by atoms with van der Waals surface area (Å²) < 4.78 is 0. The van der Waals surface area contributed by atoms with Gasteiger partial charge in [-0.1, -0.05) is 42.6 Å². The molecule has 0 bridgehead atoms. The van der Waals surface area contributed by atoms with Crippen LogP contribution >= 0.6 is 11.6 Å². The van der Waals surface area contributed by atoms with Crippen LogP contribution < -0.4 is 15.5 Å². The van der Waals surface area contributed by atoms with Gasteiger partial charge in [0.1, 0.15) is 0 Å². The van der Waals surface area contributed by atoms with E-state index >= 15 is 0 Å². The Morgan fingerprint density at radius 1 is 1.00 bits per heavy atom. The molecule has 1 aromatic heterocycles. The van der Waals surface area contributed by atoms with Crippen molar-refractivity contribution in [2.75, 3.05) is 29.9 Å². The highest BCUT2D eigenvalue weighted by atomic mass is 35.5. The molecule has 2 heterocycles. The molecule has 2 aliphatic rings. The van der Waals surface area contributed by atoms with Gasteiger partial charge in [-0.2, -0.15) is 0 Å². The van der Waals surface area contributed by atoms with Crippen LogP contribution in [0, 0.1) is 12.8 Å². The first-order valence-electron chi connectivity index (χ1n) is 13.1. The molecule has 1 aliphatic heterocycles. The normalized spacial score (nSPS) is 15.7. The first-order chi connectivity index (χ1) is 18.0. The SMILES string of the molecule is Cc1ccc(NC(=O)c2nc(N3CCCCCC3)ncc2Cl)cc1-c1ccc(C(=O)NCC2CC2)cc1. The maximum absolute atomic E-state index is 13.2. The van der Waals surface area contributed by atoms with Crippen LogP contribution in [-0.4, -0.2) is 41.4 Å². The summed E-state index contributed by atoms with van der Waals surface area (Å²) in [4.78, 5) is 36.6. The van der Waals surface area contributed by atoms with E-state index in [0.29, 0.717) is 23.1 Å². The molecule has 192 valence electrons. The number of aromatic nitrogens is 2. The molecular formula is C29H32ClN5O2. The number of amides is 2. The second-order valence-corrected chi connectivity index (χ2v) is 10.4. The molecule has 8 heteroatoms. The van der Waals surface area contributed by atoms with Crippen LogP contribution in [0.4, 0.5) is 11.6 Å². The summed E-state index contributed by atoms with van der Waals surface area (Å²) in [5, 5.41) is 6.17. The van der Waals surface area contributed by atoms with Gasteiger partial charge in [0.25, 0.3) is 11.8 Å². The number of rotatable bonds is 7. The number of nitrogens with one attached hydrogen (secondary N) is 2. The summed E-state index contributed by atoms with van der Waals surface area (Å²) >= 11 is 6.33. The number of benzene rings is 2. The Kier molecular flexibility index (Phi) is 7.70. The fourth-order valence-electron chi connectivity index (χ4n) is 4.60. The molecule has 2 N–H and O–H groups in total. The average Bonchev–Trinajstić information content (AvgIpc) is 3.76. The van der Waals surface area contributed by atoms with E-state index < -0.39 is 0 Å². The van der Waals surface area contributed by atoms with Crippen LogP contribution in [0.1, 0.15) is 64.9 Å². The topological polar surface area (TPSA) is 87.2 Å². The summed E-state index contributed by atoms with van der Waals surface area (Å²) in [5.74, 6) is 0.766. The lowest BCUT2D eigenvalue weighted by atomic mass is 9.98. The van der Waals surface area contributed by atoms with E-state index in [2.05, 4.69) is 25.5 Å². The number of hydrogen-bond donors (Lipinski definition) is 2. The van der Waals surface area contributed by atoms with Crippen LogP contribution in [-0.2, 0) is 0 Å². The lowest BCUT2D eigenvalue weighted by Crippen LogP contribution is -2.27. The number of nitrogens with zero attached hydrogens (tertiary/aromatic N) is 3. The standard InChI is InChI=1S/C29H32ClN5O2/c1-19-6-13-23(16-24(19)21-9-11-22(12-10-21)27(36)31-17-20-7-8-20)33-28(37)26-25(30)18-32-29(34-26)35-14-4-2-3-5-15-35/h6,9-13,16,18,20H,2-5,7-8,14-15,17H2,1H3,(H,31,36)(H,33,37). The summed E-state index contributed by atoms with van der Waals surface area (Å²) in [6.45, 7) is 4.53. The number of carbonyl (C=O) groups is 2. The van der Waals surface area contributed by atoms with Crippen LogP contribution in [0.5, 0.6) is 0 Å². The Balaban J connectivity index is 1.31. The van der Waals surface area contributed by atoms with Crippen molar-refractivity contribution in [2.24, 2.45) is 5.92 Å². The molecule has 2 fully saturated rings. The molecule has 3 aromatic rings. The van der Waals surface area contributed by atoms with E-state index in [1.807, 2.05) is 49.4 Å². The van der Waals surface area contributed by atoms with E-state index in [9.17, 15) is 9.59 Å². The van der Waals surface area contributed by atoms with Gasteiger partial charge in [0.15, 0.2) is 5.69 Å². The first-order valence-corrected chi connectivity index (χ1v) is 13.4. The minimum atomic E-state index is -0.374. The maximum atomic E-state index is 13.2. The third kappa shape index (κ3) is 6.28. The monoisotopic (exact) mass is 517 g/mol. The third-order valence-electron chi connectivity index (χ3n) is 7.04. The fourth-order valence-corrected chi connectivity index (χ4v) is 4.78. The van der Waals surface area contributed by atoms with Gasteiger partial charge in [0.05, 0.1) is 11.2 Å². The molecule has 1 saturated heterocycles. The van der Waals surface area contributed by atoms with Crippen molar-refractivity contribution in [3.8, 4) is 11.1 Å². The molecule has 0 spiro atoms. The summed E-state index contributed by atoms with van der Waals surface area (Å²) in [6, 6.07) is 13.3. The minimum Gasteiger partial charge on any atom is -0.352 e. The maximum Gasteiger partial charge on any atom is 0.276 e. The Morgan fingerprint density at radius 3 is 2.43 bits per heavy atom. The van der Waals surface area contributed by atoms with E-state index in [1.54, 1.807) is 0 Å². The smallest absolute Gasteiger partial charge is 0.276 e. The lowest BCUT2D eigenvalue weighted by Gasteiger charge is -2.20. The average molecular weight is 518 g/mol. The van der Waals surface area contributed by atoms with Crippen molar-refractivity contribution >= 4 is 35.1 Å². The molecular weight excluding hydrogens is 486 g/mol. The van der Waals surface area contributed by atoms with Crippen LogP contribution in [0.2, 0.25) is 5.02 Å². The summed E-state index contributed by atoms with van der Waals surface area (Å²) in [7, 11) is 0. The minimum absolute atomic E-state index is 0.0440. The number of anilines is 2. The Hall–Kier alpha value is -3.45. The predicted molar refractivity (Wildman–Crippen MR) is 147 cm³/mol. The van der Waals surface area contributed by atoms with Crippen molar-refractivity contribution in [2.45, 2.75) is 45.4 Å². The van der Waals surface area contributed by atoms with Gasteiger partial charge in [-0.15, -0.1) is 0 Å². The first kappa shape index (κ1) is 25.2. The second-order valence-electron chi connectivity index (χ2n) is 9.98. The van der Waals surface area contributed by atoms with Crippen LogP contribution in [0.3, 0.4) is 0 Å². The molecule has 2 amide bonds. The third-order valence-corrected chi connectivity index (χ3v) is 7.31. The fraction of sp³-hybridized carbons (Fsp3) is 0.379. The van der Waals surface area contributed by atoms with Crippen molar-refractivity contribution in [1.82, 2.24) is 15.3 Å². The zero-order valence-corrected chi connectivity index (χ0v) is 21.9. The second kappa shape index (κ2) is 11.3. The largest absolute Gasteiger partial charge is 0.352 e. The highest BCUT2D eigenvalue weighted by molar-refractivity contribution is 6.34. The number of halogens is 1. The molecule has 2 aromatic carbocycles. The zero-order valence-electron chi connectivity index (χ0n) is 21.1. The van der Waals surface area contributed by atoms with Crippen LogP contribution in [0.15, 0.2) is 48.7 Å². The molecule has 5 rings (SSSR count). The predicted octanol–water partition coefficient (Wildman–Crippen LogP) is 5.88. The van der Waals surface area contributed by atoms with Crippen molar-refractivity contribution in [3.05, 3.63) is 70.5 Å². The molecule has 1 aliphatic carbocycles. The van der Waals surface area contributed by atoms with Gasteiger partial charge < -0.3 is 15.5 Å². The summed E-state index contributed by atoms with van der Waals surface area (Å²) in [5.41, 5.74) is 4.46. The van der Waals surface area contributed by atoms with E-state index in [-0.39, 0.29) is 22.5 Å². The Morgan fingerprint density at radius 2 is 1.73 bits per heavy atom. The van der Waals surface area contributed by atoms with Gasteiger partial charge in [-0.25, -0.2) is 9.97 Å². The van der Waals surface area contributed by atoms with E-state index in [1.165, 1.54) is 31.9 Å². The number of aryl methyl sites for hydroxylation is 1. The number of hydrogen-bond acceptors (Lipinski definition) is 5. The van der Waals surface area contributed by atoms with Crippen LogP contribution in [0.25, 0.3) is 11.1 Å². The summed E-state index contributed by atoms with van der Waals surface area (Å²) in [6.07, 6.45) is 8.49. The van der Waals surface area contributed by atoms with Gasteiger partial charge in [0.2, 0.25) is 5.95 Å². The van der Waals surface area contributed by atoms with Crippen molar-refractivity contribution in [1.29, 1.82) is 0 Å². The molecule has 0 radical (unpaired) electrons. The van der Waals surface area contributed by atoms with Gasteiger partial charge >= 0.3 is 0 Å². The van der Waals surface area contributed by atoms with Crippen molar-refractivity contribution in [3.63, 3.8) is 0 Å². The lowest BCUT2D eigenvalue weighted by molar-refractivity contribution is 0.0951.